The maximum atomic E-state index is 12.7. The second kappa shape index (κ2) is 7.84. The van der Waals surface area contributed by atoms with E-state index in [2.05, 4.69) is 5.32 Å². The first-order valence-corrected chi connectivity index (χ1v) is 11.1. The third kappa shape index (κ3) is 3.94. The molecule has 2 aliphatic heterocycles. The van der Waals surface area contributed by atoms with Crippen LogP contribution >= 0.6 is 0 Å². The molecule has 0 bridgehead atoms. The van der Waals surface area contributed by atoms with Gasteiger partial charge in [-0.2, -0.15) is 0 Å². The minimum Gasteiger partial charge on any atom is -0.352 e. The van der Waals surface area contributed by atoms with Crippen LogP contribution in [0.3, 0.4) is 0 Å². The first kappa shape index (κ1) is 19.8. The molecule has 6 heteroatoms. The van der Waals surface area contributed by atoms with E-state index in [-0.39, 0.29) is 36.0 Å². The van der Waals surface area contributed by atoms with Crippen molar-refractivity contribution in [1.82, 2.24) is 5.32 Å². The first-order valence-electron chi connectivity index (χ1n) is 11.1. The summed E-state index contributed by atoms with van der Waals surface area (Å²) in [6.07, 6.45) is 3.03. The van der Waals surface area contributed by atoms with Crippen LogP contribution in [0.2, 0.25) is 0 Å². The molecule has 160 valence electrons. The van der Waals surface area contributed by atoms with E-state index in [1.54, 1.807) is 4.90 Å². The van der Waals surface area contributed by atoms with Gasteiger partial charge in [-0.3, -0.25) is 14.4 Å². The van der Waals surface area contributed by atoms with Crippen LogP contribution in [-0.4, -0.2) is 30.8 Å². The quantitative estimate of drug-likeness (QED) is 0.813. The lowest BCUT2D eigenvalue weighted by molar-refractivity contribution is -0.126. The fourth-order valence-electron chi connectivity index (χ4n) is 4.51. The molecular formula is C25H27N3O3. The summed E-state index contributed by atoms with van der Waals surface area (Å²) in [4.78, 5) is 41.4. The first-order chi connectivity index (χ1) is 15.0. The lowest BCUT2D eigenvalue weighted by atomic mass is 10.1. The van der Waals surface area contributed by atoms with Crippen LogP contribution < -0.4 is 15.1 Å². The van der Waals surface area contributed by atoms with Gasteiger partial charge in [0.2, 0.25) is 17.7 Å². The molecule has 0 spiro atoms. The van der Waals surface area contributed by atoms with Crippen molar-refractivity contribution in [3.05, 3.63) is 59.2 Å². The zero-order valence-electron chi connectivity index (χ0n) is 17.8. The van der Waals surface area contributed by atoms with Crippen LogP contribution in [-0.2, 0) is 27.3 Å². The molecular weight excluding hydrogens is 390 g/mol. The smallest absolute Gasteiger partial charge is 0.230 e. The van der Waals surface area contributed by atoms with Gasteiger partial charge in [-0.15, -0.1) is 0 Å². The number of hydrogen-bond donors (Lipinski definition) is 1. The molecule has 2 fully saturated rings. The van der Waals surface area contributed by atoms with E-state index < -0.39 is 0 Å². The average Bonchev–Trinajstić information content (AvgIpc) is 3.43. The number of rotatable bonds is 5. The molecule has 2 aromatic rings. The SMILES string of the molecule is Cc1ccc(CNC(=O)[C@@H]2CC(=O)N(c3ccc4c(c3)CCN4C(=O)C3CC3)C2)cc1. The number of anilines is 2. The fraction of sp³-hybridized carbons (Fsp3) is 0.400. The highest BCUT2D eigenvalue weighted by Crippen LogP contribution is 2.38. The molecule has 0 unspecified atom stereocenters. The fourth-order valence-corrected chi connectivity index (χ4v) is 4.51. The van der Waals surface area contributed by atoms with Gasteiger partial charge in [0.1, 0.15) is 0 Å². The molecule has 1 aliphatic carbocycles. The number of benzene rings is 2. The molecule has 1 saturated heterocycles. The lowest BCUT2D eigenvalue weighted by Gasteiger charge is -2.20. The normalized spacial score (nSPS) is 20.2. The Morgan fingerprint density at radius 3 is 2.58 bits per heavy atom. The van der Waals surface area contributed by atoms with E-state index in [1.165, 1.54) is 5.56 Å². The molecule has 0 radical (unpaired) electrons. The summed E-state index contributed by atoms with van der Waals surface area (Å²) >= 11 is 0. The van der Waals surface area contributed by atoms with Crippen molar-refractivity contribution in [3.8, 4) is 0 Å². The zero-order chi connectivity index (χ0) is 21.5. The van der Waals surface area contributed by atoms with Crippen LogP contribution in [0, 0.1) is 18.8 Å². The minimum atomic E-state index is -0.348. The summed E-state index contributed by atoms with van der Waals surface area (Å²) in [6.45, 7) is 3.60. The summed E-state index contributed by atoms with van der Waals surface area (Å²) in [5, 5.41) is 2.97. The molecule has 5 rings (SSSR count). The van der Waals surface area contributed by atoms with E-state index in [0.717, 1.165) is 41.8 Å². The van der Waals surface area contributed by atoms with E-state index in [1.807, 2.05) is 54.3 Å². The number of aryl methyl sites for hydroxylation is 1. The van der Waals surface area contributed by atoms with Gasteiger partial charge >= 0.3 is 0 Å². The Bertz CT molecular complexity index is 1040. The Kier molecular flexibility index (Phi) is 5.00. The standard InChI is InChI=1S/C25H27N3O3/c1-16-2-4-17(5-3-16)14-26-24(30)20-13-23(29)28(15-20)21-8-9-22-19(12-21)10-11-27(22)25(31)18-6-7-18/h2-5,8-9,12,18,20H,6-7,10-11,13-15H2,1H3,(H,26,30)/t20-/m1/s1. The Hall–Kier alpha value is -3.15. The number of fused-ring (bicyclic) bond motifs is 1. The summed E-state index contributed by atoms with van der Waals surface area (Å²) < 4.78 is 0. The molecule has 2 aromatic carbocycles. The van der Waals surface area contributed by atoms with Gasteiger partial charge in [0.05, 0.1) is 5.92 Å². The largest absolute Gasteiger partial charge is 0.352 e. The van der Waals surface area contributed by atoms with Gasteiger partial charge in [-0.05, 0) is 55.5 Å². The van der Waals surface area contributed by atoms with E-state index in [9.17, 15) is 14.4 Å². The second-order valence-electron chi connectivity index (χ2n) is 8.94. The average molecular weight is 418 g/mol. The van der Waals surface area contributed by atoms with Gasteiger partial charge in [0.15, 0.2) is 0 Å². The summed E-state index contributed by atoms with van der Waals surface area (Å²) in [5.74, 6) is -0.0312. The third-order valence-electron chi connectivity index (χ3n) is 6.55. The van der Waals surface area contributed by atoms with Gasteiger partial charge in [0, 0.05) is 43.3 Å². The Labute approximate surface area is 182 Å². The maximum absolute atomic E-state index is 12.7. The number of nitrogens with zero attached hydrogens (tertiary/aromatic N) is 2. The zero-order valence-corrected chi connectivity index (χ0v) is 17.8. The Balaban J connectivity index is 1.23. The van der Waals surface area contributed by atoms with Crippen LogP contribution in [0.4, 0.5) is 11.4 Å². The van der Waals surface area contributed by atoms with Crippen molar-refractivity contribution in [3.63, 3.8) is 0 Å². The molecule has 31 heavy (non-hydrogen) atoms. The summed E-state index contributed by atoms with van der Waals surface area (Å²) in [7, 11) is 0. The number of nitrogens with one attached hydrogen (secondary N) is 1. The third-order valence-corrected chi connectivity index (χ3v) is 6.55. The highest BCUT2D eigenvalue weighted by atomic mass is 16.2. The molecule has 6 nitrogen and oxygen atoms in total. The predicted molar refractivity (Wildman–Crippen MR) is 119 cm³/mol. The van der Waals surface area contributed by atoms with Crippen molar-refractivity contribution in [2.24, 2.45) is 11.8 Å². The van der Waals surface area contributed by atoms with Gasteiger partial charge in [-0.25, -0.2) is 0 Å². The van der Waals surface area contributed by atoms with E-state index in [4.69, 9.17) is 0 Å². The molecule has 1 saturated carbocycles. The number of carbonyl (C=O) groups is 3. The monoisotopic (exact) mass is 417 g/mol. The highest BCUT2D eigenvalue weighted by molar-refractivity contribution is 6.02. The van der Waals surface area contributed by atoms with Crippen molar-refractivity contribution in [2.45, 2.75) is 39.2 Å². The number of carbonyl (C=O) groups excluding carboxylic acids is 3. The molecule has 3 aliphatic rings. The van der Waals surface area contributed by atoms with Crippen molar-refractivity contribution in [1.29, 1.82) is 0 Å². The van der Waals surface area contributed by atoms with Gasteiger partial charge in [-0.1, -0.05) is 29.8 Å². The molecule has 3 amide bonds. The lowest BCUT2D eigenvalue weighted by Crippen LogP contribution is -2.32. The van der Waals surface area contributed by atoms with Crippen LogP contribution in [0.1, 0.15) is 36.0 Å². The molecule has 1 N–H and O–H groups in total. The van der Waals surface area contributed by atoms with Crippen LogP contribution in [0.15, 0.2) is 42.5 Å². The topological polar surface area (TPSA) is 69.7 Å². The summed E-state index contributed by atoms with van der Waals surface area (Å²) in [6, 6.07) is 13.9. The van der Waals surface area contributed by atoms with Crippen molar-refractivity contribution >= 4 is 29.1 Å². The predicted octanol–water partition coefficient (Wildman–Crippen LogP) is 2.96. The van der Waals surface area contributed by atoms with Crippen LogP contribution in [0.25, 0.3) is 0 Å². The van der Waals surface area contributed by atoms with Crippen molar-refractivity contribution in [2.75, 3.05) is 22.9 Å². The molecule has 1 atom stereocenters. The minimum absolute atomic E-state index is 0.0284. The number of hydrogen-bond acceptors (Lipinski definition) is 3. The van der Waals surface area contributed by atoms with Gasteiger partial charge in [0.25, 0.3) is 0 Å². The molecule has 0 aromatic heterocycles. The van der Waals surface area contributed by atoms with Gasteiger partial charge < -0.3 is 15.1 Å². The van der Waals surface area contributed by atoms with Crippen molar-refractivity contribution < 1.29 is 14.4 Å². The Morgan fingerprint density at radius 2 is 1.84 bits per heavy atom. The Morgan fingerprint density at radius 1 is 1.06 bits per heavy atom. The van der Waals surface area contributed by atoms with E-state index >= 15 is 0 Å². The van der Waals surface area contributed by atoms with Crippen LogP contribution in [0.5, 0.6) is 0 Å². The van der Waals surface area contributed by atoms with E-state index in [0.29, 0.717) is 19.6 Å². The highest BCUT2D eigenvalue weighted by Gasteiger charge is 2.38. The molecule has 2 heterocycles. The maximum Gasteiger partial charge on any atom is 0.230 e. The summed E-state index contributed by atoms with van der Waals surface area (Å²) in [5.41, 5.74) is 5.12. The second-order valence-corrected chi connectivity index (χ2v) is 8.94. The number of amides is 3.